The first kappa shape index (κ1) is 17.4. The van der Waals surface area contributed by atoms with Gasteiger partial charge in [0.15, 0.2) is 0 Å². The summed E-state index contributed by atoms with van der Waals surface area (Å²) in [5, 5.41) is 0.438. The van der Waals surface area contributed by atoms with Gasteiger partial charge in [-0.25, -0.2) is 4.79 Å². The van der Waals surface area contributed by atoms with E-state index in [1.807, 2.05) is 0 Å². The third-order valence-electron chi connectivity index (χ3n) is 3.06. The Labute approximate surface area is 135 Å². The van der Waals surface area contributed by atoms with E-state index in [2.05, 4.69) is 0 Å². The van der Waals surface area contributed by atoms with Gasteiger partial charge in [-0.3, -0.25) is 4.79 Å². The van der Waals surface area contributed by atoms with Gasteiger partial charge < -0.3 is 9.64 Å². The van der Waals surface area contributed by atoms with E-state index in [4.69, 9.17) is 4.74 Å². The lowest BCUT2D eigenvalue weighted by molar-refractivity contribution is -0.138. The van der Waals surface area contributed by atoms with Gasteiger partial charge in [-0.2, -0.15) is 13.2 Å². The molecule has 1 amide bonds. The number of thioether (sulfide) groups is 1. The fraction of sp³-hybridized carbons (Fsp3) is 0.333. The Balaban J connectivity index is 2.13. The van der Waals surface area contributed by atoms with Crippen LogP contribution in [0.3, 0.4) is 0 Å². The number of benzene rings is 1. The molecule has 0 aliphatic carbocycles. The molecular formula is C15H14F3NO3S. The normalized spacial score (nSPS) is 17.0. The van der Waals surface area contributed by atoms with Crippen molar-refractivity contribution in [2.45, 2.75) is 19.6 Å². The Bertz CT molecular complexity index is 626. The first-order valence-electron chi connectivity index (χ1n) is 6.79. The fourth-order valence-electron chi connectivity index (χ4n) is 1.97. The summed E-state index contributed by atoms with van der Waals surface area (Å²) in [4.78, 5) is 24.7. The fourth-order valence-corrected chi connectivity index (χ4v) is 2.90. The van der Waals surface area contributed by atoms with Crippen molar-refractivity contribution in [3.8, 4) is 0 Å². The van der Waals surface area contributed by atoms with Crippen molar-refractivity contribution in [2.75, 3.05) is 12.4 Å². The summed E-state index contributed by atoms with van der Waals surface area (Å²) < 4.78 is 42.4. The lowest BCUT2D eigenvalue weighted by Crippen LogP contribution is -2.24. The van der Waals surface area contributed by atoms with Crippen LogP contribution in [0, 0.1) is 0 Å². The summed E-state index contributed by atoms with van der Waals surface area (Å²) in [6.45, 7) is 2.00. The average molecular weight is 345 g/mol. The molecule has 0 bridgehead atoms. The molecule has 1 aromatic rings. The number of hydrogen-bond donors (Lipinski definition) is 0. The second kappa shape index (κ2) is 7.08. The zero-order valence-corrected chi connectivity index (χ0v) is 13.0. The molecular weight excluding hydrogens is 331 g/mol. The van der Waals surface area contributed by atoms with Gasteiger partial charge in [0.25, 0.3) is 0 Å². The van der Waals surface area contributed by atoms with Gasteiger partial charge in [0.1, 0.15) is 0 Å². The number of carbonyl (C=O) groups excluding carboxylic acids is 2. The maximum atomic E-state index is 12.5. The Morgan fingerprint density at radius 3 is 2.57 bits per heavy atom. The number of carbonyl (C=O) groups is 2. The van der Waals surface area contributed by atoms with Crippen molar-refractivity contribution in [1.82, 2.24) is 4.90 Å². The minimum absolute atomic E-state index is 0.106. The van der Waals surface area contributed by atoms with E-state index in [1.165, 1.54) is 34.9 Å². The van der Waals surface area contributed by atoms with Crippen LogP contribution in [-0.4, -0.2) is 29.1 Å². The van der Waals surface area contributed by atoms with Crippen molar-refractivity contribution >= 4 is 23.6 Å². The molecule has 0 aromatic heterocycles. The topological polar surface area (TPSA) is 46.6 Å². The third kappa shape index (κ3) is 4.51. The minimum Gasteiger partial charge on any atom is -0.463 e. The molecule has 23 heavy (non-hydrogen) atoms. The van der Waals surface area contributed by atoms with Crippen molar-refractivity contribution in [3.05, 3.63) is 46.5 Å². The van der Waals surface area contributed by atoms with Gasteiger partial charge in [0.2, 0.25) is 5.91 Å². The van der Waals surface area contributed by atoms with Gasteiger partial charge in [-0.05, 0) is 24.6 Å². The SMILES string of the molecule is CCOC(=O)/C=C1/SCC(=O)N1Cc1ccc(C(F)(F)F)cc1. The molecule has 124 valence electrons. The standard InChI is InChI=1S/C15H14F3NO3S/c1-2-22-14(21)7-13-19(12(20)9-23-13)8-10-3-5-11(6-4-10)15(16,17)18/h3-7H,2,8-9H2,1H3/b13-7+. The molecule has 0 atom stereocenters. The lowest BCUT2D eigenvalue weighted by atomic mass is 10.1. The molecule has 1 aromatic carbocycles. The van der Waals surface area contributed by atoms with Crippen LogP contribution in [0.4, 0.5) is 13.2 Å². The predicted molar refractivity (Wildman–Crippen MR) is 79.2 cm³/mol. The van der Waals surface area contributed by atoms with Gasteiger partial charge in [-0.1, -0.05) is 23.9 Å². The Hall–Kier alpha value is -1.96. The number of hydrogen-bond acceptors (Lipinski definition) is 4. The molecule has 0 unspecified atom stereocenters. The molecule has 0 spiro atoms. The van der Waals surface area contributed by atoms with Crippen LogP contribution in [-0.2, 0) is 27.0 Å². The Morgan fingerprint density at radius 2 is 2.00 bits per heavy atom. The monoisotopic (exact) mass is 345 g/mol. The van der Waals surface area contributed by atoms with E-state index >= 15 is 0 Å². The van der Waals surface area contributed by atoms with Crippen LogP contribution in [0.1, 0.15) is 18.1 Å². The van der Waals surface area contributed by atoms with Gasteiger partial charge in [0.05, 0.1) is 35.6 Å². The smallest absolute Gasteiger partial charge is 0.416 e. The van der Waals surface area contributed by atoms with Crippen LogP contribution in [0.15, 0.2) is 35.4 Å². The van der Waals surface area contributed by atoms with Crippen molar-refractivity contribution in [3.63, 3.8) is 0 Å². The van der Waals surface area contributed by atoms with Crippen molar-refractivity contribution < 1.29 is 27.5 Å². The van der Waals surface area contributed by atoms with E-state index in [9.17, 15) is 22.8 Å². The molecule has 1 aliphatic rings. The lowest BCUT2D eigenvalue weighted by Gasteiger charge is -2.17. The summed E-state index contributed by atoms with van der Waals surface area (Å²) in [6.07, 6.45) is -3.17. The van der Waals surface area contributed by atoms with Gasteiger partial charge >= 0.3 is 12.1 Å². The van der Waals surface area contributed by atoms with Crippen LogP contribution in [0.2, 0.25) is 0 Å². The third-order valence-corrected chi connectivity index (χ3v) is 4.09. The highest BCUT2D eigenvalue weighted by atomic mass is 32.2. The van der Waals surface area contributed by atoms with Crippen molar-refractivity contribution in [2.24, 2.45) is 0 Å². The van der Waals surface area contributed by atoms with Crippen LogP contribution in [0.25, 0.3) is 0 Å². The molecule has 0 saturated carbocycles. The van der Waals surface area contributed by atoms with E-state index in [0.29, 0.717) is 10.6 Å². The number of esters is 1. The van der Waals surface area contributed by atoms with E-state index in [-0.39, 0.29) is 24.8 Å². The molecule has 1 saturated heterocycles. The zero-order chi connectivity index (χ0) is 17.0. The number of amides is 1. The quantitative estimate of drug-likeness (QED) is 0.621. The number of rotatable bonds is 4. The van der Waals surface area contributed by atoms with Gasteiger partial charge in [-0.15, -0.1) is 0 Å². The maximum Gasteiger partial charge on any atom is 0.416 e. The van der Waals surface area contributed by atoms with Crippen LogP contribution >= 0.6 is 11.8 Å². The van der Waals surface area contributed by atoms with Crippen LogP contribution in [0.5, 0.6) is 0 Å². The summed E-state index contributed by atoms with van der Waals surface area (Å²) in [7, 11) is 0. The van der Waals surface area contributed by atoms with Crippen molar-refractivity contribution in [1.29, 1.82) is 0 Å². The first-order chi connectivity index (χ1) is 10.8. The summed E-state index contributed by atoms with van der Waals surface area (Å²) in [5.74, 6) is -0.571. The van der Waals surface area contributed by atoms with E-state index in [1.54, 1.807) is 6.92 Å². The molecule has 1 aliphatic heterocycles. The van der Waals surface area contributed by atoms with E-state index in [0.717, 1.165) is 12.1 Å². The molecule has 8 heteroatoms. The molecule has 1 fully saturated rings. The largest absolute Gasteiger partial charge is 0.463 e. The summed E-state index contributed by atoms with van der Waals surface area (Å²) in [6, 6.07) is 4.58. The Kier molecular flexibility index (Phi) is 5.35. The minimum atomic E-state index is -4.40. The summed E-state index contributed by atoms with van der Waals surface area (Å²) in [5.41, 5.74) is -0.200. The van der Waals surface area contributed by atoms with E-state index < -0.39 is 17.7 Å². The molecule has 4 nitrogen and oxygen atoms in total. The number of alkyl halides is 3. The molecule has 2 rings (SSSR count). The highest BCUT2D eigenvalue weighted by molar-refractivity contribution is 8.04. The molecule has 0 radical (unpaired) electrons. The van der Waals surface area contributed by atoms with Gasteiger partial charge in [0, 0.05) is 0 Å². The maximum absolute atomic E-state index is 12.5. The number of nitrogens with zero attached hydrogens (tertiary/aromatic N) is 1. The Morgan fingerprint density at radius 1 is 1.35 bits per heavy atom. The summed E-state index contributed by atoms with van der Waals surface area (Å²) >= 11 is 1.20. The van der Waals surface area contributed by atoms with Crippen LogP contribution < -0.4 is 0 Å². The highest BCUT2D eigenvalue weighted by Crippen LogP contribution is 2.32. The second-order valence-electron chi connectivity index (χ2n) is 4.70. The molecule has 1 heterocycles. The first-order valence-corrected chi connectivity index (χ1v) is 7.77. The second-order valence-corrected chi connectivity index (χ2v) is 5.69. The predicted octanol–water partition coefficient (Wildman–Crippen LogP) is 3.19. The number of ether oxygens (including phenoxy) is 1. The molecule has 0 N–H and O–H groups in total. The zero-order valence-electron chi connectivity index (χ0n) is 12.2. The average Bonchev–Trinajstić information content (AvgIpc) is 2.80. The highest BCUT2D eigenvalue weighted by Gasteiger charge is 2.31. The number of halogens is 3.